The quantitative estimate of drug-likeness (QED) is 0.764. The Balaban J connectivity index is 1.61. The molecule has 23 heavy (non-hydrogen) atoms. The average molecular weight is 313 g/mol. The summed E-state index contributed by atoms with van der Waals surface area (Å²) in [5.41, 5.74) is 1.83. The molecule has 1 saturated heterocycles. The summed E-state index contributed by atoms with van der Waals surface area (Å²) in [7, 11) is 0. The number of rotatable bonds is 4. The summed E-state index contributed by atoms with van der Waals surface area (Å²) in [6.45, 7) is 3.70. The number of hydrogen-bond acceptors (Lipinski definition) is 6. The van der Waals surface area contributed by atoms with Gasteiger partial charge in [0, 0.05) is 24.9 Å². The van der Waals surface area contributed by atoms with E-state index in [9.17, 15) is 0 Å². The summed E-state index contributed by atoms with van der Waals surface area (Å²) in [6, 6.07) is 0.145. The van der Waals surface area contributed by atoms with Crippen molar-refractivity contribution in [3.63, 3.8) is 0 Å². The topological polar surface area (TPSA) is 93.5 Å². The van der Waals surface area contributed by atoms with Gasteiger partial charge in [-0.25, -0.2) is 9.97 Å². The lowest BCUT2D eigenvalue weighted by Gasteiger charge is -2.32. The molecular formula is C15H19N7O. The minimum absolute atomic E-state index is 0.0269. The van der Waals surface area contributed by atoms with E-state index in [1.807, 2.05) is 10.9 Å². The zero-order chi connectivity index (χ0) is 15.6. The molecule has 0 aromatic carbocycles. The Morgan fingerprint density at radius 1 is 1.39 bits per heavy atom. The van der Waals surface area contributed by atoms with Crippen molar-refractivity contribution in [3.05, 3.63) is 30.5 Å². The third-order valence-electron chi connectivity index (χ3n) is 4.20. The molecule has 1 aliphatic rings. The average Bonchev–Trinajstić information content (AvgIpc) is 3.25. The predicted molar refractivity (Wildman–Crippen MR) is 84.9 cm³/mol. The molecule has 3 aromatic heterocycles. The van der Waals surface area contributed by atoms with Crippen LogP contribution in [0.25, 0.3) is 11.0 Å². The maximum absolute atomic E-state index is 6.02. The number of ether oxygens (including phenoxy) is 1. The van der Waals surface area contributed by atoms with Crippen molar-refractivity contribution in [1.29, 1.82) is 0 Å². The molecule has 2 atom stereocenters. The highest BCUT2D eigenvalue weighted by molar-refractivity contribution is 5.85. The van der Waals surface area contributed by atoms with Gasteiger partial charge < -0.3 is 10.1 Å². The number of anilines is 1. The number of aromatic nitrogens is 6. The molecule has 0 spiro atoms. The van der Waals surface area contributed by atoms with Crippen molar-refractivity contribution < 1.29 is 4.74 Å². The molecule has 0 amide bonds. The number of aromatic amines is 1. The molecule has 0 aliphatic carbocycles. The van der Waals surface area contributed by atoms with Gasteiger partial charge in [-0.15, -0.1) is 0 Å². The third-order valence-corrected chi connectivity index (χ3v) is 4.20. The van der Waals surface area contributed by atoms with Crippen LogP contribution in [0.3, 0.4) is 0 Å². The van der Waals surface area contributed by atoms with E-state index in [-0.39, 0.29) is 12.1 Å². The molecule has 1 aliphatic heterocycles. The van der Waals surface area contributed by atoms with Gasteiger partial charge in [0.2, 0.25) is 0 Å². The molecule has 0 bridgehead atoms. The predicted octanol–water partition coefficient (Wildman–Crippen LogP) is 1.90. The van der Waals surface area contributed by atoms with Crippen molar-refractivity contribution in [2.45, 2.75) is 38.5 Å². The fourth-order valence-corrected chi connectivity index (χ4v) is 3.01. The van der Waals surface area contributed by atoms with Gasteiger partial charge in [0.1, 0.15) is 18.2 Å². The summed E-state index contributed by atoms with van der Waals surface area (Å²) in [5.74, 6) is 0.784. The molecule has 0 saturated carbocycles. The minimum atomic E-state index is -0.0269. The fraction of sp³-hybridized carbons (Fsp3) is 0.467. The van der Waals surface area contributed by atoms with Crippen molar-refractivity contribution in [1.82, 2.24) is 29.9 Å². The number of aryl methyl sites for hydroxylation is 1. The number of hydrogen-bond donors (Lipinski definition) is 2. The van der Waals surface area contributed by atoms with Crippen molar-refractivity contribution in [2.24, 2.45) is 0 Å². The van der Waals surface area contributed by atoms with Crippen LogP contribution in [0, 0.1) is 0 Å². The molecule has 4 rings (SSSR count). The monoisotopic (exact) mass is 313 g/mol. The molecule has 8 heteroatoms. The number of fused-ring (bicyclic) bond motifs is 1. The molecule has 8 nitrogen and oxygen atoms in total. The number of nitrogens with one attached hydrogen (secondary N) is 2. The highest BCUT2D eigenvalue weighted by Crippen LogP contribution is 2.31. The molecule has 3 aromatic rings. The molecule has 120 valence electrons. The van der Waals surface area contributed by atoms with Gasteiger partial charge in [0.25, 0.3) is 0 Å². The second kappa shape index (κ2) is 5.96. The summed E-state index contributed by atoms with van der Waals surface area (Å²) < 4.78 is 7.94. The van der Waals surface area contributed by atoms with Gasteiger partial charge in [0.05, 0.1) is 23.8 Å². The Labute approximate surface area is 133 Å². The second-order valence-electron chi connectivity index (χ2n) is 5.67. The van der Waals surface area contributed by atoms with Crippen molar-refractivity contribution in [3.8, 4) is 0 Å². The van der Waals surface area contributed by atoms with E-state index in [4.69, 9.17) is 4.74 Å². The molecule has 0 radical (unpaired) electrons. The summed E-state index contributed by atoms with van der Waals surface area (Å²) in [5, 5.41) is 15.7. The van der Waals surface area contributed by atoms with Crippen LogP contribution in [-0.2, 0) is 11.3 Å². The van der Waals surface area contributed by atoms with Gasteiger partial charge in [-0.3, -0.25) is 9.78 Å². The van der Waals surface area contributed by atoms with E-state index in [0.29, 0.717) is 0 Å². The number of H-pyrrole nitrogens is 1. The molecule has 4 heterocycles. The van der Waals surface area contributed by atoms with Crippen LogP contribution < -0.4 is 5.32 Å². The van der Waals surface area contributed by atoms with E-state index in [2.05, 4.69) is 43.7 Å². The number of nitrogens with zero attached hydrogens (tertiary/aromatic N) is 5. The van der Waals surface area contributed by atoms with Crippen LogP contribution >= 0.6 is 0 Å². The minimum Gasteiger partial charge on any atom is -0.371 e. The van der Waals surface area contributed by atoms with E-state index >= 15 is 0 Å². The van der Waals surface area contributed by atoms with Crippen LogP contribution in [0.15, 0.2) is 24.9 Å². The van der Waals surface area contributed by atoms with Crippen LogP contribution in [0.1, 0.15) is 31.4 Å². The van der Waals surface area contributed by atoms with E-state index < -0.39 is 0 Å². The lowest BCUT2D eigenvalue weighted by molar-refractivity contribution is 0.00554. The van der Waals surface area contributed by atoms with Gasteiger partial charge in [0.15, 0.2) is 5.65 Å². The van der Waals surface area contributed by atoms with Crippen molar-refractivity contribution >= 4 is 16.9 Å². The van der Waals surface area contributed by atoms with Gasteiger partial charge >= 0.3 is 0 Å². The Bertz CT molecular complexity index is 796. The summed E-state index contributed by atoms with van der Waals surface area (Å²) >= 11 is 0. The summed E-state index contributed by atoms with van der Waals surface area (Å²) in [4.78, 5) is 8.54. The Morgan fingerprint density at radius 3 is 3.22 bits per heavy atom. The molecular weight excluding hydrogens is 294 g/mol. The first-order valence-electron chi connectivity index (χ1n) is 7.89. The fourth-order valence-electron chi connectivity index (χ4n) is 3.01. The first-order valence-corrected chi connectivity index (χ1v) is 7.89. The van der Waals surface area contributed by atoms with Crippen LogP contribution in [0.4, 0.5) is 5.82 Å². The maximum atomic E-state index is 6.02. The first-order chi connectivity index (χ1) is 11.3. The molecule has 1 fully saturated rings. The summed E-state index contributed by atoms with van der Waals surface area (Å²) in [6.07, 6.45) is 9.24. The first kappa shape index (κ1) is 14.1. The van der Waals surface area contributed by atoms with Gasteiger partial charge in [-0.1, -0.05) is 0 Å². The van der Waals surface area contributed by atoms with Crippen LogP contribution in [0.2, 0.25) is 0 Å². The van der Waals surface area contributed by atoms with E-state index in [1.165, 1.54) is 6.33 Å². The van der Waals surface area contributed by atoms with Crippen molar-refractivity contribution in [2.75, 3.05) is 11.9 Å². The van der Waals surface area contributed by atoms with Gasteiger partial charge in [-0.05, 0) is 19.8 Å². The highest BCUT2D eigenvalue weighted by atomic mass is 16.5. The highest BCUT2D eigenvalue weighted by Gasteiger charge is 2.29. The third kappa shape index (κ3) is 2.65. The normalized spacial score (nSPS) is 21.6. The Kier molecular flexibility index (Phi) is 3.66. The van der Waals surface area contributed by atoms with Crippen LogP contribution in [-0.4, -0.2) is 42.6 Å². The zero-order valence-corrected chi connectivity index (χ0v) is 12.9. The maximum Gasteiger partial charge on any atom is 0.160 e. The van der Waals surface area contributed by atoms with E-state index in [0.717, 1.165) is 48.4 Å². The van der Waals surface area contributed by atoms with Gasteiger partial charge in [-0.2, -0.15) is 10.2 Å². The lowest BCUT2D eigenvalue weighted by atomic mass is 9.98. The second-order valence-corrected chi connectivity index (χ2v) is 5.67. The largest absolute Gasteiger partial charge is 0.371 e. The lowest BCUT2D eigenvalue weighted by Crippen LogP contribution is -2.34. The Hall–Kier alpha value is -2.48. The van der Waals surface area contributed by atoms with Crippen LogP contribution in [0.5, 0.6) is 0 Å². The molecule has 2 N–H and O–H groups in total. The standard InChI is InChI=1S/C15H19N7O/c1-2-22-8-10(6-19-22)13-12(4-3-5-23-13)20-14-11-7-18-21-15(11)17-9-16-14/h6-9,12-13H,2-5H2,1H3,(H2,16,17,18,20,21)/t12-,13+/m0/s1. The SMILES string of the molecule is CCn1cc([C@H]2OCCC[C@@H]2Nc2ncnc3[nH]ncc23)cn1. The Morgan fingerprint density at radius 2 is 2.35 bits per heavy atom. The smallest absolute Gasteiger partial charge is 0.160 e. The zero-order valence-electron chi connectivity index (χ0n) is 12.9. The molecule has 0 unspecified atom stereocenters. The van der Waals surface area contributed by atoms with E-state index in [1.54, 1.807) is 6.20 Å².